The van der Waals surface area contributed by atoms with E-state index in [1.54, 1.807) is 18.9 Å². The van der Waals surface area contributed by atoms with Crippen LogP contribution in [0.4, 0.5) is 5.69 Å². The van der Waals surface area contributed by atoms with Gasteiger partial charge < -0.3 is 15.8 Å². The number of hydrogen-bond donors (Lipinski definition) is 2. The summed E-state index contributed by atoms with van der Waals surface area (Å²) in [6, 6.07) is 7.41. The van der Waals surface area contributed by atoms with Crippen LogP contribution >= 0.6 is 0 Å². The summed E-state index contributed by atoms with van der Waals surface area (Å²) in [6.45, 7) is 2.86. The molecule has 0 heterocycles. The Morgan fingerprint density at radius 3 is 2.76 bits per heavy atom. The maximum Gasteiger partial charge on any atom is 0.309 e. The highest BCUT2D eigenvalue weighted by atomic mass is 16.5. The number of anilines is 1. The summed E-state index contributed by atoms with van der Waals surface area (Å²) in [5.74, 6) is -0.685. The van der Waals surface area contributed by atoms with Gasteiger partial charge in [0.15, 0.2) is 0 Å². The average Bonchev–Trinajstić information content (AvgIpc) is 2.45. The number of amides is 1. The molecule has 0 saturated carbocycles. The summed E-state index contributed by atoms with van der Waals surface area (Å²) in [5.41, 5.74) is 7.24. The van der Waals surface area contributed by atoms with Gasteiger partial charge >= 0.3 is 5.97 Å². The first-order valence-electron chi connectivity index (χ1n) is 6.81. The molecule has 1 unspecified atom stereocenters. The van der Waals surface area contributed by atoms with Gasteiger partial charge in [-0.15, -0.1) is 0 Å². The van der Waals surface area contributed by atoms with E-state index in [2.05, 4.69) is 10.1 Å². The molecule has 0 bridgehead atoms. The summed E-state index contributed by atoms with van der Waals surface area (Å²) < 4.78 is 4.66. The van der Waals surface area contributed by atoms with Crippen molar-refractivity contribution in [3.63, 3.8) is 0 Å². The number of esters is 1. The predicted molar refractivity (Wildman–Crippen MR) is 81.6 cm³/mol. The number of carbonyl (C=O) groups excluding carboxylic acids is 2. The van der Waals surface area contributed by atoms with Crippen molar-refractivity contribution in [1.29, 1.82) is 0 Å². The summed E-state index contributed by atoms with van der Waals surface area (Å²) in [6.07, 6.45) is 0. The molecule has 0 saturated heterocycles. The lowest BCUT2D eigenvalue weighted by atomic mass is 10.2. The van der Waals surface area contributed by atoms with Crippen LogP contribution in [0.1, 0.15) is 12.5 Å². The van der Waals surface area contributed by atoms with Gasteiger partial charge in [0.2, 0.25) is 5.91 Å². The van der Waals surface area contributed by atoms with Crippen LogP contribution in [-0.2, 0) is 20.9 Å². The van der Waals surface area contributed by atoms with Crippen LogP contribution in [-0.4, -0.2) is 44.0 Å². The molecule has 0 aromatic heterocycles. The number of nitrogens with zero attached hydrogens (tertiary/aromatic N) is 1. The number of ether oxygens (including phenoxy) is 1. The minimum absolute atomic E-state index is 0.135. The van der Waals surface area contributed by atoms with Crippen molar-refractivity contribution < 1.29 is 14.3 Å². The van der Waals surface area contributed by atoms with E-state index in [0.29, 0.717) is 13.1 Å². The zero-order valence-electron chi connectivity index (χ0n) is 12.8. The fourth-order valence-corrected chi connectivity index (χ4v) is 2.03. The third-order valence-corrected chi connectivity index (χ3v) is 3.05. The Kier molecular flexibility index (Phi) is 6.84. The smallest absolute Gasteiger partial charge is 0.309 e. The first-order valence-corrected chi connectivity index (χ1v) is 6.81. The molecule has 116 valence electrons. The molecule has 1 aromatic rings. The number of rotatable bonds is 7. The van der Waals surface area contributed by atoms with Crippen molar-refractivity contribution in [3.05, 3.63) is 29.8 Å². The topological polar surface area (TPSA) is 84.7 Å². The Labute approximate surface area is 125 Å². The van der Waals surface area contributed by atoms with Crippen molar-refractivity contribution in [2.75, 3.05) is 32.6 Å². The highest BCUT2D eigenvalue weighted by molar-refractivity contribution is 5.92. The van der Waals surface area contributed by atoms with E-state index in [9.17, 15) is 9.59 Å². The number of hydrogen-bond acceptors (Lipinski definition) is 5. The van der Waals surface area contributed by atoms with E-state index < -0.39 is 0 Å². The maximum absolute atomic E-state index is 11.9. The third kappa shape index (κ3) is 5.93. The molecule has 3 N–H and O–H groups in total. The normalized spacial score (nSPS) is 12.0. The van der Waals surface area contributed by atoms with Crippen LogP contribution in [0, 0.1) is 5.92 Å². The lowest BCUT2D eigenvalue weighted by Crippen LogP contribution is -2.35. The van der Waals surface area contributed by atoms with E-state index in [0.717, 1.165) is 11.3 Å². The number of benzene rings is 1. The van der Waals surface area contributed by atoms with E-state index in [1.807, 2.05) is 24.3 Å². The SMILES string of the molecule is COC(=O)C(C)CN(C)CC(=O)Nc1cccc(CN)c1. The Morgan fingerprint density at radius 2 is 2.14 bits per heavy atom. The van der Waals surface area contributed by atoms with Crippen LogP contribution in [0.5, 0.6) is 0 Å². The van der Waals surface area contributed by atoms with Crippen LogP contribution < -0.4 is 11.1 Å². The second-order valence-electron chi connectivity index (χ2n) is 5.07. The van der Waals surface area contributed by atoms with Gasteiger partial charge in [0.05, 0.1) is 19.6 Å². The van der Waals surface area contributed by atoms with E-state index in [-0.39, 0.29) is 24.3 Å². The molecule has 0 spiro atoms. The van der Waals surface area contributed by atoms with Crippen molar-refractivity contribution in [1.82, 2.24) is 4.90 Å². The van der Waals surface area contributed by atoms with Gasteiger partial charge in [0.1, 0.15) is 0 Å². The first-order chi connectivity index (χ1) is 9.96. The molecule has 6 heteroatoms. The van der Waals surface area contributed by atoms with Crippen molar-refractivity contribution in [2.45, 2.75) is 13.5 Å². The molecule has 0 aliphatic carbocycles. The quantitative estimate of drug-likeness (QED) is 0.727. The Balaban J connectivity index is 2.47. The standard InChI is InChI=1S/C15H23N3O3/c1-11(15(20)21-3)9-18(2)10-14(19)17-13-6-4-5-12(7-13)8-16/h4-7,11H,8-10,16H2,1-3H3,(H,17,19). The highest BCUT2D eigenvalue weighted by Gasteiger charge is 2.17. The first kappa shape index (κ1) is 17.1. The lowest BCUT2D eigenvalue weighted by Gasteiger charge is -2.19. The fraction of sp³-hybridized carbons (Fsp3) is 0.467. The van der Waals surface area contributed by atoms with Crippen LogP contribution in [0.2, 0.25) is 0 Å². The van der Waals surface area contributed by atoms with Gasteiger partial charge in [-0.3, -0.25) is 14.5 Å². The molecule has 1 atom stereocenters. The number of carbonyl (C=O) groups is 2. The third-order valence-electron chi connectivity index (χ3n) is 3.05. The largest absolute Gasteiger partial charge is 0.469 e. The molecule has 0 fully saturated rings. The molecule has 0 radical (unpaired) electrons. The zero-order valence-corrected chi connectivity index (χ0v) is 12.8. The van der Waals surface area contributed by atoms with Gasteiger partial charge in [0.25, 0.3) is 0 Å². The Hall–Kier alpha value is -1.92. The van der Waals surface area contributed by atoms with Gasteiger partial charge in [-0.05, 0) is 24.7 Å². The monoisotopic (exact) mass is 293 g/mol. The number of methoxy groups -OCH3 is 1. The second kappa shape index (κ2) is 8.39. The molecule has 6 nitrogen and oxygen atoms in total. The molecule has 1 aromatic carbocycles. The average molecular weight is 293 g/mol. The van der Waals surface area contributed by atoms with E-state index in [1.165, 1.54) is 7.11 Å². The Morgan fingerprint density at radius 1 is 1.43 bits per heavy atom. The number of nitrogens with two attached hydrogens (primary N) is 1. The van der Waals surface area contributed by atoms with Gasteiger partial charge in [-0.2, -0.15) is 0 Å². The van der Waals surface area contributed by atoms with Crippen LogP contribution in [0.3, 0.4) is 0 Å². The van der Waals surface area contributed by atoms with Gasteiger partial charge in [0, 0.05) is 18.8 Å². The highest BCUT2D eigenvalue weighted by Crippen LogP contribution is 2.10. The van der Waals surface area contributed by atoms with Gasteiger partial charge in [-0.25, -0.2) is 0 Å². The molecular formula is C15H23N3O3. The lowest BCUT2D eigenvalue weighted by molar-refractivity contribution is -0.145. The minimum Gasteiger partial charge on any atom is -0.469 e. The van der Waals surface area contributed by atoms with Crippen molar-refractivity contribution >= 4 is 17.6 Å². The Bertz CT molecular complexity index is 491. The van der Waals surface area contributed by atoms with Crippen LogP contribution in [0.25, 0.3) is 0 Å². The molecule has 0 aliphatic heterocycles. The van der Waals surface area contributed by atoms with E-state index >= 15 is 0 Å². The molecule has 1 rings (SSSR count). The fourth-order valence-electron chi connectivity index (χ4n) is 2.03. The summed E-state index contributed by atoms with van der Waals surface area (Å²) in [7, 11) is 3.14. The predicted octanol–water partition coefficient (Wildman–Crippen LogP) is 0.825. The van der Waals surface area contributed by atoms with Gasteiger partial charge in [-0.1, -0.05) is 19.1 Å². The number of likely N-dealkylation sites (N-methyl/N-ethyl adjacent to an activating group) is 1. The van der Waals surface area contributed by atoms with Crippen molar-refractivity contribution in [3.8, 4) is 0 Å². The maximum atomic E-state index is 11.9. The zero-order chi connectivity index (χ0) is 15.8. The molecular weight excluding hydrogens is 270 g/mol. The molecule has 21 heavy (non-hydrogen) atoms. The summed E-state index contributed by atoms with van der Waals surface area (Å²) in [5, 5.41) is 2.81. The molecule has 1 amide bonds. The van der Waals surface area contributed by atoms with Crippen LogP contribution in [0.15, 0.2) is 24.3 Å². The summed E-state index contributed by atoms with van der Waals surface area (Å²) in [4.78, 5) is 25.1. The molecule has 0 aliphatic rings. The minimum atomic E-state index is -0.280. The van der Waals surface area contributed by atoms with Crippen molar-refractivity contribution in [2.24, 2.45) is 11.7 Å². The van der Waals surface area contributed by atoms with E-state index in [4.69, 9.17) is 5.73 Å². The number of nitrogens with one attached hydrogen (secondary N) is 1. The summed E-state index contributed by atoms with van der Waals surface area (Å²) >= 11 is 0. The second-order valence-corrected chi connectivity index (χ2v) is 5.07.